The Kier molecular flexibility index (Phi) is 8.44. The molecule has 0 nitrogen and oxygen atoms in total. The Morgan fingerprint density at radius 3 is 1.69 bits per heavy atom. The predicted octanol–water partition coefficient (Wildman–Crippen LogP) is 3.49. The van der Waals surface area contributed by atoms with Crippen LogP contribution in [0.3, 0.4) is 0 Å². The molecule has 0 aliphatic heterocycles. The SMILES string of the molecule is [CH2-]C1CCCC1.[W+2].[c-]1ccccc1. The van der Waals surface area contributed by atoms with E-state index >= 15 is 0 Å². The van der Waals surface area contributed by atoms with Crippen LogP contribution in [0.5, 0.6) is 0 Å². The van der Waals surface area contributed by atoms with Crippen molar-refractivity contribution in [2.45, 2.75) is 25.7 Å². The minimum atomic E-state index is 0. The van der Waals surface area contributed by atoms with Gasteiger partial charge in [-0.1, -0.05) is 25.7 Å². The maximum atomic E-state index is 3.94. The molecule has 0 saturated heterocycles. The van der Waals surface area contributed by atoms with E-state index in [0.717, 1.165) is 5.92 Å². The van der Waals surface area contributed by atoms with Crippen LogP contribution in [-0.4, -0.2) is 0 Å². The van der Waals surface area contributed by atoms with Crippen LogP contribution in [0.2, 0.25) is 0 Å². The van der Waals surface area contributed by atoms with Crippen LogP contribution in [0.4, 0.5) is 0 Å². The van der Waals surface area contributed by atoms with Crippen LogP contribution in [0, 0.1) is 18.9 Å². The van der Waals surface area contributed by atoms with Crippen molar-refractivity contribution in [1.29, 1.82) is 0 Å². The molecule has 0 aromatic heterocycles. The molecule has 0 spiro atoms. The Hall–Kier alpha value is -0.0917. The Morgan fingerprint density at radius 1 is 1.00 bits per heavy atom. The second-order valence-electron chi connectivity index (χ2n) is 3.23. The van der Waals surface area contributed by atoms with Gasteiger partial charge in [0.1, 0.15) is 0 Å². The molecule has 0 bridgehead atoms. The Labute approximate surface area is 96.0 Å². The molecule has 0 unspecified atom stereocenters. The number of benzene rings is 1. The predicted molar refractivity (Wildman–Crippen MR) is 52.6 cm³/mol. The van der Waals surface area contributed by atoms with Crippen molar-refractivity contribution in [1.82, 2.24) is 0 Å². The van der Waals surface area contributed by atoms with Crippen molar-refractivity contribution < 1.29 is 21.1 Å². The second kappa shape index (κ2) is 8.50. The Balaban J connectivity index is 0.000000206. The maximum Gasteiger partial charge on any atom is 2.00 e. The first-order chi connectivity index (χ1) is 5.89. The van der Waals surface area contributed by atoms with Gasteiger partial charge < -0.3 is 6.92 Å². The van der Waals surface area contributed by atoms with Gasteiger partial charge in [0.25, 0.3) is 0 Å². The summed E-state index contributed by atoms with van der Waals surface area (Å²) in [5.74, 6) is 0.796. The summed E-state index contributed by atoms with van der Waals surface area (Å²) in [6, 6.07) is 12.5. The van der Waals surface area contributed by atoms with Gasteiger partial charge in [-0.05, 0) is 0 Å². The molecule has 0 atom stereocenters. The number of rotatable bonds is 0. The standard InChI is InChI=1S/C6H11.C6H5.W/c1-6-4-2-3-5-6;1-2-4-6-5-3-1;/h6H,1-5H2;1-5H;/q2*-1;+2. The van der Waals surface area contributed by atoms with E-state index in [1.54, 1.807) is 0 Å². The summed E-state index contributed by atoms with van der Waals surface area (Å²) in [6.45, 7) is 3.94. The van der Waals surface area contributed by atoms with Gasteiger partial charge in [-0.15, -0.1) is 0 Å². The molecule has 1 fully saturated rings. The first-order valence-corrected chi connectivity index (χ1v) is 4.64. The normalized spacial score (nSPS) is 15.5. The summed E-state index contributed by atoms with van der Waals surface area (Å²) in [4.78, 5) is 0. The van der Waals surface area contributed by atoms with Crippen LogP contribution in [0.25, 0.3) is 0 Å². The summed E-state index contributed by atoms with van der Waals surface area (Å²) in [7, 11) is 0. The molecule has 70 valence electrons. The van der Waals surface area contributed by atoms with Crippen LogP contribution >= 0.6 is 0 Å². The second-order valence-corrected chi connectivity index (χ2v) is 3.23. The third-order valence-electron chi connectivity index (χ3n) is 2.08. The quantitative estimate of drug-likeness (QED) is 0.632. The summed E-state index contributed by atoms with van der Waals surface area (Å²) in [5, 5.41) is 0. The fourth-order valence-corrected chi connectivity index (χ4v) is 1.35. The van der Waals surface area contributed by atoms with E-state index in [4.69, 9.17) is 0 Å². The zero-order chi connectivity index (χ0) is 8.65. The molecule has 0 heterocycles. The van der Waals surface area contributed by atoms with Gasteiger partial charge in [-0.2, -0.15) is 42.3 Å². The van der Waals surface area contributed by atoms with E-state index in [9.17, 15) is 0 Å². The third-order valence-corrected chi connectivity index (χ3v) is 2.08. The molecule has 1 heteroatoms. The van der Waals surface area contributed by atoms with E-state index < -0.39 is 0 Å². The first kappa shape index (κ1) is 12.9. The molecule has 1 aromatic carbocycles. The Bertz CT molecular complexity index is 151. The summed E-state index contributed by atoms with van der Waals surface area (Å²) in [5.41, 5.74) is 0. The zero-order valence-corrected chi connectivity index (χ0v) is 10.8. The third kappa shape index (κ3) is 7.02. The van der Waals surface area contributed by atoms with E-state index in [1.807, 2.05) is 30.3 Å². The van der Waals surface area contributed by atoms with Crippen molar-refractivity contribution >= 4 is 0 Å². The summed E-state index contributed by atoms with van der Waals surface area (Å²) < 4.78 is 0. The molecule has 1 aliphatic carbocycles. The van der Waals surface area contributed by atoms with Crippen molar-refractivity contribution in [3.05, 3.63) is 43.3 Å². The van der Waals surface area contributed by atoms with Crippen LogP contribution in [0.15, 0.2) is 30.3 Å². The molecule has 0 N–H and O–H groups in total. The summed E-state index contributed by atoms with van der Waals surface area (Å²) >= 11 is 0. The van der Waals surface area contributed by atoms with Gasteiger partial charge >= 0.3 is 21.1 Å². The fourth-order valence-electron chi connectivity index (χ4n) is 1.35. The van der Waals surface area contributed by atoms with Gasteiger partial charge in [-0.25, -0.2) is 0 Å². The van der Waals surface area contributed by atoms with Crippen LogP contribution in [0.1, 0.15) is 25.7 Å². The van der Waals surface area contributed by atoms with Gasteiger partial charge in [0, 0.05) is 0 Å². The topological polar surface area (TPSA) is 0 Å². The monoisotopic (exact) mass is 344 g/mol. The number of hydrogen-bond donors (Lipinski definition) is 0. The van der Waals surface area contributed by atoms with Crippen LogP contribution < -0.4 is 0 Å². The first-order valence-electron chi connectivity index (χ1n) is 4.64. The fraction of sp³-hybridized carbons (Fsp3) is 0.417. The molecule has 2 rings (SSSR count). The van der Waals surface area contributed by atoms with Crippen molar-refractivity contribution in [2.24, 2.45) is 5.92 Å². The average Bonchev–Trinajstić information content (AvgIpc) is 2.60. The van der Waals surface area contributed by atoms with Gasteiger partial charge in [-0.3, -0.25) is 0 Å². The zero-order valence-electron chi connectivity index (χ0n) is 7.91. The van der Waals surface area contributed by atoms with E-state index in [0.29, 0.717) is 0 Å². The summed E-state index contributed by atoms with van der Waals surface area (Å²) in [6.07, 6.45) is 5.60. The molecule has 13 heavy (non-hydrogen) atoms. The number of hydrogen-bond acceptors (Lipinski definition) is 0. The smallest absolute Gasteiger partial charge is 0.340 e. The minimum absolute atomic E-state index is 0. The van der Waals surface area contributed by atoms with Crippen LogP contribution in [-0.2, 0) is 21.1 Å². The van der Waals surface area contributed by atoms with Crippen molar-refractivity contribution in [2.75, 3.05) is 0 Å². The average molecular weight is 344 g/mol. The van der Waals surface area contributed by atoms with Gasteiger partial charge in [0.05, 0.1) is 0 Å². The van der Waals surface area contributed by atoms with Crippen molar-refractivity contribution in [3.8, 4) is 0 Å². The molecule has 1 aliphatic rings. The molecular formula is C12H16W. The largest absolute Gasteiger partial charge is 2.00 e. The molecule has 1 saturated carbocycles. The Morgan fingerprint density at radius 2 is 1.54 bits per heavy atom. The van der Waals surface area contributed by atoms with Gasteiger partial charge in [0.15, 0.2) is 0 Å². The van der Waals surface area contributed by atoms with E-state index in [-0.39, 0.29) is 21.1 Å². The van der Waals surface area contributed by atoms with Gasteiger partial charge in [0.2, 0.25) is 0 Å². The van der Waals surface area contributed by atoms with Crippen molar-refractivity contribution in [3.63, 3.8) is 0 Å². The van der Waals surface area contributed by atoms with E-state index in [2.05, 4.69) is 13.0 Å². The maximum absolute atomic E-state index is 3.94. The molecule has 1 aromatic rings. The molecular weight excluding hydrogens is 328 g/mol. The van der Waals surface area contributed by atoms with E-state index in [1.165, 1.54) is 25.7 Å². The molecule has 0 radical (unpaired) electrons. The molecule has 0 amide bonds. The minimum Gasteiger partial charge on any atom is -0.340 e.